The Morgan fingerprint density at radius 2 is 1.64 bits per heavy atom. The first kappa shape index (κ1) is 15.4. The molecule has 1 aromatic heterocycles. The molecule has 1 aliphatic rings. The minimum Gasteiger partial charge on any atom is -0.478 e. The molecule has 1 heterocycles. The van der Waals surface area contributed by atoms with Crippen LogP contribution in [-0.2, 0) is 0 Å². The number of rotatable bonds is 2. The number of carboxylic acids is 1. The Hall–Kier alpha value is -3.02. The molecule has 22 heavy (non-hydrogen) atoms. The molecule has 0 spiro atoms. The highest BCUT2D eigenvalue weighted by Crippen LogP contribution is 2.32. The summed E-state index contributed by atoms with van der Waals surface area (Å²) >= 11 is 0. The Morgan fingerprint density at radius 3 is 2.14 bits per heavy atom. The van der Waals surface area contributed by atoms with Crippen LogP contribution in [0.4, 0.5) is 0 Å². The molecule has 0 fully saturated rings. The van der Waals surface area contributed by atoms with Crippen molar-refractivity contribution in [1.82, 2.24) is 0 Å². The van der Waals surface area contributed by atoms with Crippen LogP contribution in [0.15, 0.2) is 28.7 Å². The second kappa shape index (κ2) is 5.77. The zero-order valence-electron chi connectivity index (χ0n) is 11.9. The number of hydrogen-bond acceptors (Lipinski definition) is 5. The minimum absolute atomic E-state index is 0.103. The molecule has 0 radical (unpaired) electrons. The van der Waals surface area contributed by atoms with E-state index in [1.807, 2.05) is 13.8 Å². The van der Waals surface area contributed by atoms with Crippen molar-refractivity contribution < 1.29 is 28.7 Å². The fraction of sp³-hybridized carbons (Fsp3) is 0.125. The number of benzene rings is 1. The molecule has 0 atom stereocenters. The minimum atomic E-state index is -1.49. The summed E-state index contributed by atoms with van der Waals surface area (Å²) in [4.78, 5) is 46.6. The lowest BCUT2D eigenvalue weighted by Gasteiger charge is -2.12. The van der Waals surface area contributed by atoms with Gasteiger partial charge in [0.2, 0.25) is 5.78 Å². The number of aromatic carboxylic acids is 1. The predicted octanol–water partition coefficient (Wildman–Crippen LogP) is 2.59. The summed E-state index contributed by atoms with van der Waals surface area (Å²) in [5, 5.41) is 9.11. The maximum Gasteiger partial charge on any atom is 0.340 e. The van der Waals surface area contributed by atoms with Crippen molar-refractivity contribution in [2.24, 2.45) is 0 Å². The maximum atomic E-state index is 12.3. The van der Waals surface area contributed by atoms with Gasteiger partial charge in [-0.15, -0.1) is 0 Å². The molecule has 1 aromatic carbocycles. The van der Waals surface area contributed by atoms with Gasteiger partial charge in [-0.25, -0.2) is 4.79 Å². The first-order valence-electron chi connectivity index (χ1n) is 6.60. The number of aldehydes is 1. The van der Waals surface area contributed by atoms with Crippen LogP contribution in [-0.4, -0.2) is 28.9 Å². The molecule has 0 bridgehead atoms. The number of fused-ring (bicyclic) bond motifs is 2. The van der Waals surface area contributed by atoms with Crippen molar-refractivity contribution >= 4 is 23.8 Å². The maximum absolute atomic E-state index is 12.3. The summed E-state index contributed by atoms with van der Waals surface area (Å²) in [6, 6.07) is 6.02. The largest absolute Gasteiger partial charge is 0.478 e. The van der Waals surface area contributed by atoms with Crippen LogP contribution in [0.1, 0.15) is 66.8 Å². The molecule has 6 heteroatoms. The smallest absolute Gasteiger partial charge is 0.340 e. The van der Waals surface area contributed by atoms with Gasteiger partial charge in [-0.1, -0.05) is 38.1 Å². The van der Waals surface area contributed by atoms with Gasteiger partial charge >= 0.3 is 5.97 Å². The van der Waals surface area contributed by atoms with E-state index in [1.54, 1.807) is 12.1 Å². The zero-order valence-corrected chi connectivity index (χ0v) is 11.9. The van der Waals surface area contributed by atoms with Gasteiger partial charge in [-0.2, -0.15) is 0 Å². The van der Waals surface area contributed by atoms with Crippen molar-refractivity contribution in [2.45, 2.75) is 13.8 Å². The molecule has 1 aliphatic carbocycles. The fourth-order valence-electron chi connectivity index (χ4n) is 2.26. The van der Waals surface area contributed by atoms with Crippen molar-refractivity contribution in [3.8, 4) is 0 Å². The van der Waals surface area contributed by atoms with Gasteiger partial charge in [0.05, 0.1) is 5.56 Å². The van der Waals surface area contributed by atoms with Gasteiger partial charge in [-0.05, 0) is 0 Å². The van der Waals surface area contributed by atoms with Gasteiger partial charge in [0, 0.05) is 11.1 Å². The summed E-state index contributed by atoms with van der Waals surface area (Å²) < 4.78 is 4.97. The Morgan fingerprint density at radius 1 is 1.09 bits per heavy atom. The second-order valence-corrected chi connectivity index (χ2v) is 4.17. The van der Waals surface area contributed by atoms with Crippen molar-refractivity contribution in [3.63, 3.8) is 0 Å². The average Bonchev–Trinajstić information content (AvgIpc) is 2.95. The molecular formula is C16H12O6. The lowest BCUT2D eigenvalue weighted by atomic mass is 9.86. The summed E-state index contributed by atoms with van der Waals surface area (Å²) in [6.45, 7) is 4.00. The monoisotopic (exact) mass is 300 g/mol. The van der Waals surface area contributed by atoms with Gasteiger partial charge in [0.15, 0.2) is 23.6 Å². The van der Waals surface area contributed by atoms with E-state index < -0.39 is 34.6 Å². The first-order valence-corrected chi connectivity index (χ1v) is 6.60. The van der Waals surface area contributed by atoms with Crippen molar-refractivity contribution in [2.75, 3.05) is 0 Å². The quantitative estimate of drug-likeness (QED) is 0.730. The van der Waals surface area contributed by atoms with E-state index in [1.165, 1.54) is 12.1 Å². The molecule has 0 amide bonds. The number of ketones is 2. The molecule has 3 rings (SSSR count). The van der Waals surface area contributed by atoms with Crippen LogP contribution in [0, 0.1) is 0 Å². The number of carbonyl (C=O) groups is 4. The van der Waals surface area contributed by atoms with Gasteiger partial charge in [0.1, 0.15) is 5.56 Å². The summed E-state index contributed by atoms with van der Waals surface area (Å²) in [7, 11) is 0. The standard InChI is InChI=1S/C14H6O6.C2H6/c15-5-8-9(14(18)19)10-11(16)6-3-1-2-4-7(6)12(17)13(10)20-8;1-2/h1-5H,(H,18,19);1-2H3. The number of furan rings is 1. The summed E-state index contributed by atoms with van der Waals surface area (Å²) in [5.41, 5.74) is -0.690. The Bertz CT molecular complexity index is 797. The highest BCUT2D eigenvalue weighted by molar-refractivity contribution is 6.30. The van der Waals surface area contributed by atoms with E-state index in [-0.39, 0.29) is 23.0 Å². The third-order valence-electron chi connectivity index (χ3n) is 3.11. The van der Waals surface area contributed by atoms with E-state index in [0.717, 1.165) is 0 Å². The summed E-state index contributed by atoms with van der Waals surface area (Å²) in [6.07, 6.45) is 0.174. The first-order chi connectivity index (χ1) is 10.6. The fourth-order valence-corrected chi connectivity index (χ4v) is 2.26. The van der Waals surface area contributed by atoms with Crippen molar-refractivity contribution in [3.05, 3.63) is 58.0 Å². The number of carbonyl (C=O) groups excluding carboxylic acids is 3. The molecule has 112 valence electrons. The molecule has 0 saturated carbocycles. The van der Waals surface area contributed by atoms with Crippen LogP contribution in [0.2, 0.25) is 0 Å². The highest BCUT2D eigenvalue weighted by Gasteiger charge is 2.39. The highest BCUT2D eigenvalue weighted by atomic mass is 16.4. The van der Waals surface area contributed by atoms with Crippen LogP contribution in [0.5, 0.6) is 0 Å². The molecule has 0 saturated heterocycles. The van der Waals surface area contributed by atoms with Gasteiger partial charge < -0.3 is 9.52 Å². The molecule has 6 nitrogen and oxygen atoms in total. The van der Waals surface area contributed by atoms with E-state index in [9.17, 15) is 19.2 Å². The van der Waals surface area contributed by atoms with E-state index in [0.29, 0.717) is 0 Å². The third kappa shape index (κ3) is 2.05. The molecule has 0 aliphatic heterocycles. The summed E-state index contributed by atoms with van der Waals surface area (Å²) in [5.74, 6) is -3.65. The second-order valence-electron chi connectivity index (χ2n) is 4.17. The number of carboxylic acid groups (broad SMARTS) is 1. The Balaban J connectivity index is 0.000000847. The lowest BCUT2D eigenvalue weighted by Crippen LogP contribution is -2.21. The van der Waals surface area contributed by atoms with Crippen LogP contribution >= 0.6 is 0 Å². The Kier molecular flexibility index (Phi) is 4.03. The third-order valence-corrected chi connectivity index (χ3v) is 3.11. The molecular weight excluding hydrogens is 288 g/mol. The number of hydrogen-bond donors (Lipinski definition) is 1. The normalized spacial score (nSPS) is 11.9. The average molecular weight is 300 g/mol. The predicted molar refractivity (Wildman–Crippen MR) is 75.7 cm³/mol. The van der Waals surface area contributed by atoms with Crippen LogP contribution in [0.3, 0.4) is 0 Å². The lowest BCUT2D eigenvalue weighted by molar-refractivity contribution is 0.0688. The topological polar surface area (TPSA) is 102 Å². The Labute approximate surface area is 125 Å². The van der Waals surface area contributed by atoms with Crippen LogP contribution < -0.4 is 0 Å². The van der Waals surface area contributed by atoms with Crippen molar-refractivity contribution in [1.29, 1.82) is 0 Å². The van der Waals surface area contributed by atoms with E-state index in [2.05, 4.69) is 0 Å². The van der Waals surface area contributed by atoms with Gasteiger partial charge in [-0.3, -0.25) is 14.4 Å². The SMILES string of the molecule is CC.O=Cc1oc2c(c1C(=O)O)C(=O)c1ccccc1C2=O. The van der Waals surface area contributed by atoms with Crippen LogP contribution in [0.25, 0.3) is 0 Å². The van der Waals surface area contributed by atoms with E-state index >= 15 is 0 Å². The van der Waals surface area contributed by atoms with E-state index in [4.69, 9.17) is 9.52 Å². The molecule has 2 aromatic rings. The zero-order chi connectivity index (χ0) is 16.4. The molecule has 1 N–H and O–H groups in total. The van der Waals surface area contributed by atoms with Gasteiger partial charge in [0.25, 0.3) is 0 Å². The molecule has 0 unspecified atom stereocenters.